The molecule has 0 bridgehead atoms. The maximum Gasteiger partial charge on any atom is 0.200 e. The number of aromatic hydroxyl groups is 4. The van der Waals surface area contributed by atoms with E-state index in [0.29, 0.717) is 16.7 Å². The van der Waals surface area contributed by atoms with Gasteiger partial charge >= 0.3 is 0 Å². The minimum atomic E-state index is -1.22. The van der Waals surface area contributed by atoms with Crippen LogP contribution in [0.4, 0.5) is 0 Å². The topological polar surface area (TPSA) is 110 Å². The maximum atomic E-state index is 10.9. The quantitative estimate of drug-likeness (QED) is 0.457. The average molecular weight is 354 g/mol. The molecule has 6 nitrogen and oxygen atoms in total. The van der Waals surface area contributed by atoms with Gasteiger partial charge in [-0.15, -0.1) is 0 Å². The van der Waals surface area contributed by atoms with Crippen LogP contribution in [-0.4, -0.2) is 37.7 Å². The van der Waals surface area contributed by atoms with E-state index in [0.717, 1.165) is 0 Å². The van der Waals surface area contributed by atoms with Crippen LogP contribution in [0.15, 0.2) is 24.3 Å². The van der Waals surface area contributed by atoms with Crippen LogP contribution in [0.5, 0.6) is 28.7 Å². The van der Waals surface area contributed by atoms with Crippen LogP contribution < -0.4 is 4.74 Å². The molecule has 1 aliphatic heterocycles. The predicted octanol–water partition coefficient (Wildman–Crippen LogP) is 1.32. The fourth-order valence-electron chi connectivity index (χ4n) is 3.52. The molecule has 1 aliphatic carbocycles. The Morgan fingerprint density at radius 1 is 0.957 bits per heavy atom. The monoisotopic (exact) mass is 354 g/mol. The summed E-state index contributed by atoms with van der Waals surface area (Å²) in [7, 11) is 0. The van der Waals surface area contributed by atoms with E-state index in [1.165, 1.54) is 18.2 Å². The molecule has 4 rings (SSSR count). The first kappa shape index (κ1) is 15.8. The van der Waals surface area contributed by atoms with Crippen molar-refractivity contribution >= 4 is 0 Å². The molecule has 0 saturated heterocycles. The first-order valence-electron chi connectivity index (χ1n) is 6.85. The Bertz CT molecular complexity index is 806. The first-order valence-corrected chi connectivity index (χ1v) is 6.85. The minimum Gasteiger partial charge on any atom is -0.504 e. The standard InChI is InChI=1S/C16H14O6.Cr/c17-10-2-1-8-13-9-4-12(19)11(18)3-7(9)5-16(13,21)6-22-15(8)14(10)20;/h1-4,13,17-21H,5-6H2;/t13-,16+;/m1./s1. The van der Waals surface area contributed by atoms with Gasteiger partial charge in [0.2, 0.25) is 5.75 Å². The molecule has 7 heteroatoms. The summed E-state index contributed by atoms with van der Waals surface area (Å²) < 4.78 is 5.46. The summed E-state index contributed by atoms with van der Waals surface area (Å²) in [5.74, 6) is -1.54. The number of phenols is 4. The second-order valence-electron chi connectivity index (χ2n) is 5.89. The summed E-state index contributed by atoms with van der Waals surface area (Å²) in [5, 5.41) is 49.8. The molecule has 2 atom stereocenters. The molecular formula is C16H14CrO6. The van der Waals surface area contributed by atoms with E-state index in [-0.39, 0.29) is 59.1 Å². The van der Waals surface area contributed by atoms with Crippen molar-refractivity contribution in [2.75, 3.05) is 6.61 Å². The third-order valence-corrected chi connectivity index (χ3v) is 4.50. The van der Waals surface area contributed by atoms with Gasteiger partial charge in [0.05, 0.1) is 0 Å². The third kappa shape index (κ3) is 2.05. The van der Waals surface area contributed by atoms with Crippen molar-refractivity contribution in [3.05, 3.63) is 41.0 Å². The smallest absolute Gasteiger partial charge is 0.200 e. The van der Waals surface area contributed by atoms with Crippen LogP contribution >= 0.6 is 0 Å². The maximum absolute atomic E-state index is 10.9. The Kier molecular flexibility index (Phi) is 3.41. The number of hydrogen-bond donors (Lipinski definition) is 5. The van der Waals surface area contributed by atoms with E-state index in [2.05, 4.69) is 0 Å². The second-order valence-corrected chi connectivity index (χ2v) is 5.89. The third-order valence-electron chi connectivity index (χ3n) is 4.50. The Balaban J connectivity index is 0.00000156. The molecule has 2 aliphatic rings. The molecule has 0 radical (unpaired) electrons. The number of phenolic OH excluding ortho intramolecular Hbond substituents is 4. The number of fused-ring (bicyclic) bond motifs is 5. The van der Waals surface area contributed by atoms with Gasteiger partial charge in [0, 0.05) is 35.3 Å². The molecule has 0 amide bonds. The van der Waals surface area contributed by atoms with Crippen molar-refractivity contribution in [2.45, 2.75) is 17.9 Å². The second kappa shape index (κ2) is 4.97. The van der Waals surface area contributed by atoms with Gasteiger partial charge in [-0.3, -0.25) is 0 Å². The number of rotatable bonds is 0. The molecule has 2 aromatic carbocycles. The molecule has 0 spiro atoms. The molecular weight excluding hydrogens is 340 g/mol. The van der Waals surface area contributed by atoms with Crippen molar-refractivity contribution in [1.29, 1.82) is 0 Å². The summed E-state index contributed by atoms with van der Waals surface area (Å²) in [5.41, 5.74) is 0.700. The fourth-order valence-corrected chi connectivity index (χ4v) is 3.52. The predicted molar refractivity (Wildman–Crippen MR) is 75.5 cm³/mol. The van der Waals surface area contributed by atoms with E-state index in [1.54, 1.807) is 6.07 Å². The van der Waals surface area contributed by atoms with Gasteiger partial charge in [-0.25, -0.2) is 0 Å². The summed E-state index contributed by atoms with van der Waals surface area (Å²) in [6.07, 6.45) is 0.266. The zero-order valence-electron chi connectivity index (χ0n) is 11.9. The van der Waals surface area contributed by atoms with Gasteiger partial charge in [-0.05, 0) is 29.3 Å². The zero-order valence-corrected chi connectivity index (χ0v) is 13.1. The SMILES string of the molecule is Oc1cc2c(cc1O)[C@H]1c3ccc(O)c(O)c3OC[C@@]1(O)C2.[Cr]. The van der Waals surface area contributed by atoms with Gasteiger partial charge in [-0.2, -0.15) is 0 Å². The summed E-state index contributed by atoms with van der Waals surface area (Å²) in [6.45, 7) is -0.0577. The number of hydrogen-bond acceptors (Lipinski definition) is 6. The van der Waals surface area contributed by atoms with Crippen molar-refractivity contribution < 1.29 is 47.6 Å². The summed E-state index contributed by atoms with van der Waals surface area (Å²) >= 11 is 0. The summed E-state index contributed by atoms with van der Waals surface area (Å²) in [4.78, 5) is 0. The molecule has 0 aromatic heterocycles. The normalized spacial score (nSPS) is 24.0. The van der Waals surface area contributed by atoms with E-state index in [4.69, 9.17) is 4.74 Å². The van der Waals surface area contributed by atoms with Gasteiger partial charge < -0.3 is 30.3 Å². The molecule has 2 aromatic rings. The Morgan fingerprint density at radius 2 is 1.65 bits per heavy atom. The Labute approximate surface area is 142 Å². The van der Waals surface area contributed by atoms with E-state index in [9.17, 15) is 25.5 Å². The largest absolute Gasteiger partial charge is 0.504 e. The van der Waals surface area contributed by atoms with Crippen LogP contribution in [-0.2, 0) is 23.8 Å². The summed E-state index contributed by atoms with van der Waals surface area (Å²) in [6, 6.07) is 5.77. The number of aliphatic hydroxyl groups is 1. The van der Waals surface area contributed by atoms with Crippen LogP contribution in [0.3, 0.4) is 0 Å². The first-order chi connectivity index (χ1) is 10.4. The van der Waals surface area contributed by atoms with E-state index in [1.807, 2.05) is 0 Å². The van der Waals surface area contributed by atoms with Crippen molar-refractivity contribution in [3.63, 3.8) is 0 Å². The minimum absolute atomic E-state index is 0. The molecule has 0 unspecified atom stereocenters. The number of ether oxygens (including phenoxy) is 1. The molecule has 5 N–H and O–H groups in total. The van der Waals surface area contributed by atoms with Gasteiger partial charge in [0.15, 0.2) is 23.0 Å². The number of benzene rings is 2. The van der Waals surface area contributed by atoms with Crippen molar-refractivity contribution in [1.82, 2.24) is 0 Å². The molecule has 23 heavy (non-hydrogen) atoms. The Morgan fingerprint density at radius 3 is 2.39 bits per heavy atom. The molecule has 120 valence electrons. The Hall–Kier alpha value is -2.07. The van der Waals surface area contributed by atoms with Crippen LogP contribution in [0.25, 0.3) is 0 Å². The van der Waals surface area contributed by atoms with Crippen molar-refractivity contribution in [2.24, 2.45) is 0 Å². The van der Waals surface area contributed by atoms with Gasteiger partial charge in [-0.1, -0.05) is 6.07 Å². The van der Waals surface area contributed by atoms with Crippen LogP contribution in [0.1, 0.15) is 22.6 Å². The zero-order chi connectivity index (χ0) is 15.6. The van der Waals surface area contributed by atoms with Gasteiger partial charge in [0.25, 0.3) is 0 Å². The molecule has 1 heterocycles. The van der Waals surface area contributed by atoms with Gasteiger partial charge in [0.1, 0.15) is 12.2 Å². The van der Waals surface area contributed by atoms with Crippen LogP contribution in [0.2, 0.25) is 0 Å². The molecule has 0 fully saturated rings. The fraction of sp³-hybridized carbons (Fsp3) is 0.250. The molecule has 0 saturated carbocycles. The van der Waals surface area contributed by atoms with Crippen molar-refractivity contribution in [3.8, 4) is 28.7 Å². The average Bonchev–Trinajstić information content (AvgIpc) is 2.75. The van der Waals surface area contributed by atoms with Crippen LogP contribution in [0, 0.1) is 0 Å². The van der Waals surface area contributed by atoms with E-state index >= 15 is 0 Å². The van der Waals surface area contributed by atoms with E-state index < -0.39 is 11.5 Å².